The third-order valence-electron chi connectivity index (χ3n) is 11.8. The minimum absolute atomic E-state index is 0.101. The molecule has 10 rings (SSSR count). The molecule has 0 unspecified atom stereocenters. The highest BCUT2D eigenvalue weighted by molar-refractivity contribution is 6.18. The average Bonchev–Trinajstić information content (AvgIpc) is 3.71. The molecule has 1 aliphatic rings. The summed E-state index contributed by atoms with van der Waals surface area (Å²) < 4.78 is 2.49. The Morgan fingerprint density at radius 1 is 0.473 bits per heavy atom. The van der Waals surface area contributed by atoms with E-state index in [-0.39, 0.29) is 5.41 Å². The van der Waals surface area contributed by atoms with Crippen molar-refractivity contribution in [2.24, 2.45) is 0 Å². The Hall–Kier alpha value is -6.64. The van der Waals surface area contributed by atoms with E-state index in [1.165, 1.54) is 77.4 Å². The van der Waals surface area contributed by atoms with Gasteiger partial charge < -0.3 is 9.47 Å². The SMILES string of the molecule is CCn1c(-c2ccccc2)c(-c2ccccc2)c2c3ccc(N(c4ccc(-c5ccccc5)cc4)c4ccc5c(c4)C(C)(C)c4ccccc4-5)cc3ccc21. The second-order valence-corrected chi connectivity index (χ2v) is 15.2. The third-order valence-corrected chi connectivity index (χ3v) is 11.8. The summed E-state index contributed by atoms with van der Waals surface area (Å²) in [6, 6.07) is 69.1. The van der Waals surface area contributed by atoms with Crippen molar-refractivity contribution in [1.82, 2.24) is 4.57 Å². The Morgan fingerprint density at radius 2 is 1.04 bits per heavy atom. The fourth-order valence-corrected chi connectivity index (χ4v) is 9.13. The van der Waals surface area contributed by atoms with Gasteiger partial charge in [0.05, 0.1) is 5.69 Å². The van der Waals surface area contributed by atoms with Crippen molar-refractivity contribution < 1.29 is 0 Å². The first-order valence-corrected chi connectivity index (χ1v) is 19.4. The van der Waals surface area contributed by atoms with Gasteiger partial charge in [-0.15, -0.1) is 0 Å². The first kappa shape index (κ1) is 33.0. The number of nitrogens with zero attached hydrogens (tertiary/aromatic N) is 2. The quantitative estimate of drug-likeness (QED) is 0.160. The second kappa shape index (κ2) is 13.0. The molecular weight excluding hydrogens is 665 g/mol. The lowest BCUT2D eigenvalue weighted by atomic mass is 9.82. The van der Waals surface area contributed by atoms with Gasteiger partial charge in [-0.05, 0) is 105 Å². The van der Waals surface area contributed by atoms with E-state index >= 15 is 0 Å². The number of aromatic nitrogens is 1. The molecule has 1 aliphatic carbocycles. The molecular formula is C53H42N2. The van der Waals surface area contributed by atoms with E-state index in [9.17, 15) is 0 Å². The Bertz CT molecular complexity index is 2850. The van der Waals surface area contributed by atoms with Crippen molar-refractivity contribution in [2.45, 2.75) is 32.7 Å². The lowest BCUT2D eigenvalue weighted by molar-refractivity contribution is 0.660. The number of fused-ring (bicyclic) bond motifs is 6. The smallest absolute Gasteiger partial charge is 0.0571 e. The summed E-state index contributed by atoms with van der Waals surface area (Å²) in [5, 5.41) is 3.77. The molecule has 0 atom stereocenters. The molecule has 1 aromatic heterocycles. The van der Waals surface area contributed by atoms with Gasteiger partial charge in [-0.3, -0.25) is 0 Å². The van der Waals surface area contributed by atoms with Gasteiger partial charge in [0.25, 0.3) is 0 Å². The molecule has 0 saturated carbocycles. The molecule has 0 N–H and O–H groups in total. The monoisotopic (exact) mass is 706 g/mol. The van der Waals surface area contributed by atoms with Gasteiger partial charge in [0.2, 0.25) is 0 Å². The lowest BCUT2D eigenvalue weighted by Crippen LogP contribution is -2.16. The zero-order valence-corrected chi connectivity index (χ0v) is 31.5. The normalized spacial score (nSPS) is 12.9. The molecule has 0 bridgehead atoms. The Balaban J connectivity index is 1.18. The van der Waals surface area contributed by atoms with Gasteiger partial charge in [0, 0.05) is 45.5 Å². The average molecular weight is 707 g/mol. The standard InChI is InChI=1S/C53H42N2/c1-4-54-49-33-26-40-34-42(29-31-44(40)51(49)50(38-18-10-6-11-19-38)52(54)39-20-12-7-13-21-39)55(41-27-24-37(25-28-41)36-16-8-5-9-17-36)43-30-32-46-45-22-14-15-23-47(45)53(2,3)48(46)35-43/h5-35H,4H2,1-3H3. The third kappa shape index (κ3) is 5.32. The van der Waals surface area contributed by atoms with Crippen molar-refractivity contribution in [3.63, 3.8) is 0 Å². The van der Waals surface area contributed by atoms with Gasteiger partial charge in [-0.1, -0.05) is 159 Å². The Kier molecular flexibility index (Phi) is 7.81. The van der Waals surface area contributed by atoms with Crippen LogP contribution in [0.2, 0.25) is 0 Å². The molecule has 1 heterocycles. The van der Waals surface area contributed by atoms with Crippen molar-refractivity contribution in [3.05, 3.63) is 199 Å². The minimum atomic E-state index is -0.101. The molecule has 264 valence electrons. The van der Waals surface area contributed by atoms with E-state index in [2.05, 4.69) is 218 Å². The summed E-state index contributed by atoms with van der Waals surface area (Å²) in [6.45, 7) is 7.85. The Labute approximate surface area is 323 Å². The molecule has 0 aliphatic heterocycles. The fraction of sp³-hybridized carbons (Fsp3) is 0.0943. The summed E-state index contributed by atoms with van der Waals surface area (Å²) in [7, 11) is 0. The van der Waals surface area contributed by atoms with E-state index in [1.54, 1.807) is 0 Å². The number of rotatable bonds is 7. The van der Waals surface area contributed by atoms with Crippen LogP contribution in [-0.2, 0) is 12.0 Å². The van der Waals surface area contributed by atoms with Crippen LogP contribution in [0.5, 0.6) is 0 Å². The second-order valence-electron chi connectivity index (χ2n) is 15.2. The van der Waals surface area contributed by atoms with Crippen molar-refractivity contribution >= 4 is 38.7 Å². The van der Waals surface area contributed by atoms with Crippen LogP contribution >= 0.6 is 0 Å². The maximum absolute atomic E-state index is 2.49. The van der Waals surface area contributed by atoms with Crippen LogP contribution in [0.4, 0.5) is 17.1 Å². The summed E-state index contributed by atoms with van der Waals surface area (Å²) in [6.07, 6.45) is 0. The van der Waals surface area contributed by atoms with Crippen molar-refractivity contribution in [2.75, 3.05) is 4.90 Å². The van der Waals surface area contributed by atoms with Crippen LogP contribution < -0.4 is 4.90 Å². The Morgan fingerprint density at radius 3 is 1.75 bits per heavy atom. The molecule has 2 heteroatoms. The highest BCUT2D eigenvalue weighted by atomic mass is 15.1. The predicted octanol–water partition coefficient (Wildman–Crippen LogP) is 14.6. The molecule has 2 nitrogen and oxygen atoms in total. The molecule has 0 fully saturated rings. The molecule has 0 spiro atoms. The number of aryl methyl sites for hydroxylation is 1. The highest BCUT2D eigenvalue weighted by Crippen LogP contribution is 2.51. The molecule has 0 radical (unpaired) electrons. The number of benzene rings is 8. The van der Waals surface area contributed by atoms with Crippen LogP contribution in [0, 0.1) is 0 Å². The van der Waals surface area contributed by atoms with Gasteiger partial charge >= 0.3 is 0 Å². The predicted molar refractivity (Wildman–Crippen MR) is 234 cm³/mol. The minimum Gasteiger partial charge on any atom is -0.340 e. The summed E-state index contributed by atoms with van der Waals surface area (Å²) in [5.41, 5.74) is 17.4. The van der Waals surface area contributed by atoms with E-state index in [4.69, 9.17) is 0 Å². The molecule has 55 heavy (non-hydrogen) atoms. The van der Waals surface area contributed by atoms with Crippen LogP contribution in [0.25, 0.3) is 66.3 Å². The number of hydrogen-bond donors (Lipinski definition) is 0. The highest BCUT2D eigenvalue weighted by Gasteiger charge is 2.35. The van der Waals surface area contributed by atoms with Crippen LogP contribution in [0.15, 0.2) is 188 Å². The zero-order chi connectivity index (χ0) is 37.1. The molecule has 0 saturated heterocycles. The van der Waals surface area contributed by atoms with Crippen molar-refractivity contribution in [1.29, 1.82) is 0 Å². The van der Waals surface area contributed by atoms with Gasteiger partial charge in [0.15, 0.2) is 0 Å². The largest absolute Gasteiger partial charge is 0.340 e. The maximum atomic E-state index is 2.49. The molecule has 0 amide bonds. The fourth-order valence-electron chi connectivity index (χ4n) is 9.13. The zero-order valence-electron chi connectivity index (χ0n) is 31.5. The summed E-state index contributed by atoms with van der Waals surface area (Å²) in [4.78, 5) is 2.43. The molecule has 8 aromatic carbocycles. The van der Waals surface area contributed by atoms with Gasteiger partial charge in [0.1, 0.15) is 0 Å². The van der Waals surface area contributed by atoms with E-state index in [0.29, 0.717) is 0 Å². The van der Waals surface area contributed by atoms with Crippen LogP contribution in [-0.4, -0.2) is 4.57 Å². The van der Waals surface area contributed by atoms with Gasteiger partial charge in [-0.25, -0.2) is 0 Å². The van der Waals surface area contributed by atoms with E-state index in [1.807, 2.05) is 0 Å². The topological polar surface area (TPSA) is 8.17 Å². The summed E-state index contributed by atoms with van der Waals surface area (Å²) in [5.74, 6) is 0. The lowest BCUT2D eigenvalue weighted by Gasteiger charge is -2.28. The van der Waals surface area contributed by atoms with Crippen LogP contribution in [0.3, 0.4) is 0 Å². The van der Waals surface area contributed by atoms with Gasteiger partial charge in [-0.2, -0.15) is 0 Å². The molecule has 9 aromatic rings. The first-order chi connectivity index (χ1) is 27.0. The van der Waals surface area contributed by atoms with E-state index < -0.39 is 0 Å². The van der Waals surface area contributed by atoms with Crippen LogP contribution in [0.1, 0.15) is 31.9 Å². The van der Waals surface area contributed by atoms with E-state index in [0.717, 1.165) is 23.6 Å². The summed E-state index contributed by atoms with van der Waals surface area (Å²) >= 11 is 0. The maximum Gasteiger partial charge on any atom is 0.0571 e. The number of hydrogen-bond acceptors (Lipinski definition) is 1. The van der Waals surface area contributed by atoms with Crippen molar-refractivity contribution in [3.8, 4) is 44.6 Å². The first-order valence-electron chi connectivity index (χ1n) is 19.4. The number of anilines is 3.